The first kappa shape index (κ1) is 16.4. The van der Waals surface area contributed by atoms with Crippen molar-refractivity contribution in [2.45, 2.75) is 24.8 Å². The van der Waals surface area contributed by atoms with Crippen LogP contribution >= 0.6 is 15.9 Å². The van der Waals surface area contributed by atoms with Gasteiger partial charge in [0.1, 0.15) is 0 Å². The Balaban J connectivity index is 2.68. The second-order valence-corrected chi connectivity index (χ2v) is 7.28. The molecule has 108 valence electrons. The smallest absolute Gasteiger partial charge is 0.240 e. The first-order valence-electron chi connectivity index (χ1n) is 5.99. The fraction of sp³-hybridized carbons (Fsp3) is 0.500. The molecule has 0 heterocycles. The van der Waals surface area contributed by atoms with Gasteiger partial charge in [-0.1, -0.05) is 0 Å². The van der Waals surface area contributed by atoms with Gasteiger partial charge in [0.25, 0.3) is 0 Å². The van der Waals surface area contributed by atoms with Crippen molar-refractivity contribution in [2.75, 3.05) is 25.9 Å². The van der Waals surface area contributed by atoms with Gasteiger partial charge in [0, 0.05) is 29.3 Å². The third kappa shape index (κ3) is 4.76. The molecule has 19 heavy (non-hydrogen) atoms. The number of hydrogen-bond acceptors (Lipinski definition) is 4. The number of anilines is 1. The van der Waals surface area contributed by atoms with E-state index in [1.807, 2.05) is 7.05 Å². The number of rotatable bonds is 6. The fourth-order valence-electron chi connectivity index (χ4n) is 1.37. The quantitative estimate of drug-likeness (QED) is 0.765. The zero-order valence-electron chi connectivity index (χ0n) is 11.4. The summed E-state index contributed by atoms with van der Waals surface area (Å²) in [5, 5.41) is 0. The topological polar surface area (TPSA) is 75.4 Å². The lowest BCUT2D eigenvalue weighted by Crippen LogP contribution is -2.36. The minimum atomic E-state index is -3.48. The van der Waals surface area contributed by atoms with E-state index in [-0.39, 0.29) is 4.90 Å². The van der Waals surface area contributed by atoms with E-state index in [2.05, 4.69) is 39.4 Å². The van der Waals surface area contributed by atoms with Crippen molar-refractivity contribution in [2.24, 2.45) is 0 Å². The van der Waals surface area contributed by atoms with Crippen molar-refractivity contribution in [3.63, 3.8) is 0 Å². The maximum atomic E-state index is 12.1. The summed E-state index contributed by atoms with van der Waals surface area (Å²) in [7, 11) is -1.53. The molecule has 0 amide bonds. The number of nitrogens with two attached hydrogens (primary N) is 1. The Kier molecular flexibility index (Phi) is 5.79. The van der Waals surface area contributed by atoms with Crippen LogP contribution in [0, 0.1) is 0 Å². The third-order valence-corrected chi connectivity index (χ3v) is 5.07. The van der Waals surface area contributed by atoms with Gasteiger partial charge in [-0.05, 0) is 55.0 Å². The standard InChI is InChI=1S/C12H20BrN3O2S/c1-9(2)16(3)7-6-15-19(17,18)10-4-5-12(14)11(13)8-10/h4-5,8-9,15H,6-7,14H2,1-3H3. The zero-order chi connectivity index (χ0) is 14.6. The summed E-state index contributed by atoms with van der Waals surface area (Å²) in [6, 6.07) is 4.95. The molecule has 3 N–H and O–H groups in total. The maximum absolute atomic E-state index is 12.1. The van der Waals surface area contributed by atoms with E-state index in [1.165, 1.54) is 12.1 Å². The number of sulfonamides is 1. The third-order valence-electron chi connectivity index (χ3n) is 2.92. The molecule has 1 aromatic rings. The molecule has 0 aliphatic rings. The van der Waals surface area contributed by atoms with E-state index in [0.717, 1.165) is 0 Å². The van der Waals surface area contributed by atoms with Gasteiger partial charge in [-0.25, -0.2) is 13.1 Å². The minimum absolute atomic E-state index is 0.209. The van der Waals surface area contributed by atoms with Crippen LogP contribution in [-0.2, 0) is 10.0 Å². The van der Waals surface area contributed by atoms with Gasteiger partial charge in [-0.3, -0.25) is 0 Å². The van der Waals surface area contributed by atoms with Gasteiger partial charge in [0.15, 0.2) is 0 Å². The number of nitrogens with zero attached hydrogens (tertiary/aromatic N) is 1. The van der Waals surface area contributed by atoms with Crippen LogP contribution in [0.15, 0.2) is 27.6 Å². The van der Waals surface area contributed by atoms with Crippen LogP contribution in [-0.4, -0.2) is 39.5 Å². The number of nitrogens with one attached hydrogen (secondary N) is 1. The van der Waals surface area contributed by atoms with Crippen molar-refractivity contribution in [3.05, 3.63) is 22.7 Å². The van der Waals surface area contributed by atoms with Crippen molar-refractivity contribution in [1.29, 1.82) is 0 Å². The summed E-state index contributed by atoms with van der Waals surface area (Å²) in [4.78, 5) is 2.28. The molecule has 0 saturated heterocycles. The summed E-state index contributed by atoms with van der Waals surface area (Å²) in [6.07, 6.45) is 0. The van der Waals surface area contributed by atoms with Gasteiger partial charge in [-0.2, -0.15) is 0 Å². The lowest BCUT2D eigenvalue weighted by molar-refractivity contribution is 0.278. The molecule has 1 aromatic carbocycles. The molecule has 0 bridgehead atoms. The van der Waals surface area contributed by atoms with E-state index in [4.69, 9.17) is 5.73 Å². The maximum Gasteiger partial charge on any atom is 0.240 e. The Morgan fingerprint density at radius 3 is 2.58 bits per heavy atom. The van der Waals surface area contributed by atoms with Gasteiger partial charge >= 0.3 is 0 Å². The van der Waals surface area contributed by atoms with Crippen LogP contribution in [0.5, 0.6) is 0 Å². The number of nitrogen functional groups attached to an aromatic ring is 1. The second kappa shape index (κ2) is 6.69. The summed E-state index contributed by atoms with van der Waals surface area (Å²) in [6.45, 7) is 5.16. The summed E-state index contributed by atoms with van der Waals surface area (Å²) < 4.78 is 27.3. The molecular weight excluding hydrogens is 330 g/mol. The van der Waals surface area contributed by atoms with E-state index in [9.17, 15) is 8.42 Å². The average molecular weight is 350 g/mol. The predicted molar refractivity (Wildman–Crippen MR) is 81.5 cm³/mol. The van der Waals surface area contributed by atoms with Gasteiger partial charge in [0.05, 0.1) is 4.90 Å². The molecule has 0 aliphatic carbocycles. The SMILES string of the molecule is CC(C)N(C)CCNS(=O)(=O)c1ccc(N)c(Br)c1. The van der Waals surface area contributed by atoms with Gasteiger partial charge in [-0.15, -0.1) is 0 Å². The van der Waals surface area contributed by atoms with E-state index < -0.39 is 10.0 Å². The van der Waals surface area contributed by atoms with Crippen LogP contribution in [0.25, 0.3) is 0 Å². The molecule has 1 rings (SSSR count). The molecule has 0 spiro atoms. The molecule has 5 nitrogen and oxygen atoms in total. The molecule has 0 atom stereocenters. The van der Waals surface area contributed by atoms with Gasteiger partial charge < -0.3 is 10.6 Å². The Morgan fingerprint density at radius 2 is 2.05 bits per heavy atom. The number of halogens is 1. The van der Waals surface area contributed by atoms with Crippen molar-refractivity contribution >= 4 is 31.6 Å². The molecule has 7 heteroatoms. The first-order valence-corrected chi connectivity index (χ1v) is 8.26. The van der Waals surface area contributed by atoms with Crippen molar-refractivity contribution in [1.82, 2.24) is 9.62 Å². The monoisotopic (exact) mass is 349 g/mol. The van der Waals surface area contributed by atoms with Crippen molar-refractivity contribution < 1.29 is 8.42 Å². The second-order valence-electron chi connectivity index (χ2n) is 4.66. The number of benzene rings is 1. The highest BCUT2D eigenvalue weighted by Gasteiger charge is 2.15. The summed E-state index contributed by atoms with van der Waals surface area (Å²) >= 11 is 3.22. The number of hydrogen-bond donors (Lipinski definition) is 2. The normalized spacial score (nSPS) is 12.3. The molecule has 0 radical (unpaired) electrons. The van der Waals surface area contributed by atoms with E-state index in [1.54, 1.807) is 6.07 Å². The van der Waals surface area contributed by atoms with Crippen LogP contribution in [0.1, 0.15) is 13.8 Å². The summed E-state index contributed by atoms with van der Waals surface area (Å²) in [5.41, 5.74) is 6.15. The van der Waals surface area contributed by atoms with E-state index >= 15 is 0 Å². The van der Waals surface area contributed by atoms with Crippen LogP contribution in [0.3, 0.4) is 0 Å². The largest absolute Gasteiger partial charge is 0.398 e. The highest BCUT2D eigenvalue weighted by atomic mass is 79.9. The average Bonchev–Trinajstić information content (AvgIpc) is 2.32. The molecule has 0 aromatic heterocycles. The molecule has 0 fully saturated rings. The highest BCUT2D eigenvalue weighted by molar-refractivity contribution is 9.10. The van der Waals surface area contributed by atoms with Crippen LogP contribution in [0.4, 0.5) is 5.69 Å². The van der Waals surface area contributed by atoms with Crippen molar-refractivity contribution in [3.8, 4) is 0 Å². The predicted octanol–water partition coefficient (Wildman–Crippen LogP) is 1.65. The molecule has 0 unspecified atom stereocenters. The lowest BCUT2D eigenvalue weighted by Gasteiger charge is -2.20. The van der Waals surface area contributed by atoms with Crippen LogP contribution < -0.4 is 10.5 Å². The lowest BCUT2D eigenvalue weighted by atomic mass is 10.3. The Bertz CT molecular complexity index is 532. The highest BCUT2D eigenvalue weighted by Crippen LogP contribution is 2.22. The Morgan fingerprint density at radius 1 is 1.42 bits per heavy atom. The number of likely N-dealkylation sites (N-methyl/N-ethyl adjacent to an activating group) is 1. The first-order chi connectivity index (χ1) is 8.74. The fourth-order valence-corrected chi connectivity index (χ4v) is 2.95. The zero-order valence-corrected chi connectivity index (χ0v) is 13.8. The van der Waals surface area contributed by atoms with E-state index in [0.29, 0.717) is 29.3 Å². The minimum Gasteiger partial charge on any atom is -0.398 e. The molecule has 0 aliphatic heterocycles. The Labute approximate surface area is 123 Å². The van der Waals surface area contributed by atoms with Gasteiger partial charge in [0.2, 0.25) is 10.0 Å². The Hall–Kier alpha value is -0.630. The molecular formula is C12H20BrN3O2S. The summed E-state index contributed by atoms with van der Waals surface area (Å²) in [5.74, 6) is 0. The van der Waals surface area contributed by atoms with Crippen LogP contribution in [0.2, 0.25) is 0 Å². The molecule has 0 saturated carbocycles.